The van der Waals surface area contributed by atoms with E-state index >= 15 is 0 Å². The highest BCUT2D eigenvalue weighted by atomic mass is 16.3. The number of anilines is 1. The summed E-state index contributed by atoms with van der Waals surface area (Å²) in [6, 6.07) is 2.04. The Kier molecular flexibility index (Phi) is 3.67. The maximum atomic E-state index is 9.51. The lowest BCUT2D eigenvalue weighted by Crippen LogP contribution is -2.34. The van der Waals surface area contributed by atoms with E-state index in [4.69, 9.17) is 0 Å². The second-order valence-corrected chi connectivity index (χ2v) is 5.21. The lowest BCUT2D eigenvalue weighted by atomic mass is 9.98. The standard InChI is InChI=1S/C14H22N2O/c1-10-4-6-16(7-5-10)14-13(9-17)11(2)8-12(3)15-14/h8,10,17H,4-7,9H2,1-3H3. The van der Waals surface area contributed by atoms with Crippen molar-refractivity contribution in [1.29, 1.82) is 0 Å². The first-order valence-electron chi connectivity index (χ1n) is 6.44. The number of aliphatic hydroxyl groups excluding tert-OH is 1. The largest absolute Gasteiger partial charge is 0.392 e. The molecule has 1 saturated heterocycles. The quantitative estimate of drug-likeness (QED) is 0.853. The fraction of sp³-hybridized carbons (Fsp3) is 0.643. The van der Waals surface area contributed by atoms with Crippen LogP contribution < -0.4 is 4.90 Å². The number of nitrogens with zero attached hydrogens (tertiary/aromatic N) is 2. The molecule has 0 bridgehead atoms. The summed E-state index contributed by atoms with van der Waals surface area (Å²) in [5, 5.41) is 9.51. The third kappa shape index (κ3) is 2.60. The molecule has 1 aromatic rings. The molecule has 0 atom stereocenters. The van der Waals surface area contributed by atoms with E-state index < -0.39 is 0 Å². The number of aromatic nitrogens is 1. The predicted molar refractivity (Wildman–Crippen MR) is 70.2 cm³/mol. The van der Waals surface area contributed by atoms with Crippen molar-refractivity contribution in [3.8, 4) is 0 Å². The zero-order valence-corrected chi connectivity index (χ0v) is 11.0. The summed E-state index contributed by atoms with van der Waals surface area (Å²) < 4.78 is 0. The van der Waals surface area contributed by atoms with Gasteiger partial charge in [0.2, 0.25) is 0 Å². The number of aryl methyl sites for hydroxylation is 2. The number of hydrogen-bond acceptors (Lipinski definition) is 3. The van der Waals surface area contributed by atoms with Crippen molar-refractivity contribution >= 4 is 5.82 Å². The smallest absolute Gasteiger partial charge is 0.134 e. The maximum absolute atomic E-state index is 9.51. The number of pyridine rings is 1. The van der Waals surface area contributed by atoms with Crippen molar-refractivity contribution in [2.45, 2.75) is 40.2 Å². The van der Waals surface area contributed by atoms with Crippen LogP contribution in [0.3, 0.4) is 0 Å². The van der Waals surface area contributed by atoms with Crippen LogP contribution in [0.1, 0.15) is 36.6 Å². The first-order valence-corrected chi connectivity index (χ1v) is 6.44. The SMILES string of the molecule is Cc1cc(C)c(CO)c(N2CCC(C)CC2)n1. The minimum Gasteiger partial charge on any atom is -0.392 e. The lowest BCUT2D eigenvalue weighted by molar-refractivity contribution is 0.280. The summed E-state index contributed by atoms with van der Waals surface area (Å²) in [5.74, 6) is 1.81. The van der Waals surface area contributed by atoms with E-state index in [9.17, 15) is 5.11 Å². The van der Waals surface area contributed by atoms with Gasteiger partial charge < -0.3 is 10.0 Å². The van der Waals surface area contributed by atoms with Gasteiger partial charge in [0.1, 0.15) is 5.82 Å². The van der Waals surface area contributed by atoms with Gasteiger partial charge in [0, 0.05) is 24.3 Å². The highest BCUT2D eigenvalue weighted by Gasteiger charge is 2.20. The van der Waals surface area contributed by atoms with Crippen LogP contribution in [-0.4, -0.2) is 23.2 Å². The normalized spacial score (nSPS) is 17.5. The van der Waals surface area contributed by atoms with Crippen LogP contribution in [0.4, 0.5) is 5.82 Å². The van der Waals surface area contributed by atoms with E-state index in [2.05, 4.69) is 23.7 Å². The highest BCUT2D eigenvalue weighted by Crippen LogP contribution is 2.27. The van der Waals surface area contributed by atoms with Gasteiger partial charge in [-0.3, -0.25) is 0 Å². The zero-order valence-electron chi connectivity index (χ0n) is 11.0. The Morgan fingerprint density at radius 3 is 2.59 bits per heavy atom. The molecule has 1 aliphatic heterocycles. The van der Waals surface area contributed by atoms with Crippen LogP contribution in [0.5, 0.6) is 0 Å². The molecule has 3 heteroatoms. The van der Waals surface area contributed by atoms with Crippen LogP contribution in [0.25, 0.3) is 0 Å². The van der Waals surface area contributed by atoms with Gasteiger partial charge in [-0.2, -0.15) is 0 Å². The molecule has 0 saturated carbocycles. The Labute approximate surface area is 103 Å². The van der Waals surface area contributed by atoms with Crippen molar-refractivity contribution in [3.63, 3.8) is 0 Å². The minimum absolute atomic E-state index is 0.0838. The van der Waals surface area contributed by atoms with Gasteiger partial charge in [-0.25, -0.2) is 4.98 Å². The van der Waals surface area contributed by atoms with Gasteiger partial charge in [0.25, 0.3) is 0 Å². The first-order chi connectivity index (χ1) is 8.11. The molecule has 2 rings (SSSR count). The average Bonchev–Trinajstić information content (AvgIpc) is 2.29. The number of rotatable bonds is 2. The molecule has 0 aliphatic carbocycles. The Hall–Kier alpha value is -1.09. The molecule has 1 aliphatic rings. The molecule has 1 aromatic heterocycles. The van der Waals surface area contributed by atoms with E-state index in [-0.39, 0.29) is 6.61 Å². The molecule has 0 spiro atoms. The molecule has 1 N–H and O–H groups in total. The molecule has 1 fully saturated rings. The third-order valence-corrected chi connectivity index (χ3v) is 3.69. The number of piperidine rings is 1. The molecule has 0 amide bonds. The molecule has 17 heavy (non-hydrogen) atoms. The average molecular weight is 234 g/mol. The zero-order chi connectivity index (χ0) is 12.4. The van der Waals surface area contributed by atoms with Crippen LogP contribution in [0.15, 0.2) is 6.07 Å². The molecular weight excluding hydrogens is 212 g/mol. The minimum atomic E-state index is 0.0838. The van der Waals surface area contributed by atoms with E-state index in [1.165, 1.54) is 12.8 Å². The maximum Gasteiger partial charge on any atom is 0.134 e. The highest BCUT2D eigenvalue weighted by molar-refractivity contribution is 5.51. The fourth-order valence-electron chi connectivity index (χ4n) is 2.52. The summed E-state index contributed by atoms with van der Waals surface area (Å²) >= 11 is 0. The summed E-state index contributed by atoms with van der Waals surface area (Å²) in [5.41, 5.74) is 3.17. The first kappa shape index (κ1) is 12.4. The van der Waals surface area contributed by atoms with Gasteiger partial charge in [-0.15, -0.1) is 0 Å². The molecular formula is C14H22N2O. The van der Waals surface area contributed by atoms with Crippen LogP contribution >= 0.6 is 0 Å². The van der Waals surface area contributed by atoms with E-state index in [1.807, 2.05) is 13.0 Å². The molecule has 0 unspecified atom stereocenters. The Bertz CT molecular complexity index is 395. The monoisotopic (exact) mass is 234 g/mol. The van der Waals surface area contributed by atoms with Crippen molar-refractivity contribution in [2.24, 2.45) is 5.92 Å². The Balaban J connectivity index is 2.30. The van der Waals surface area contributed by atoms with Crippen LogP contribution in [-0.2, 0) is 6.61 Å². The van der Waals surface area contributed by atoms with Crippen molar-refractivity contribution < 1.29 is 5.11 Å². The Morgan fingerprint density at radius 2 is 2.00 bits per heavy atom. The number of aliphatic hydroxyl groups is 1. The summed E-state index contributed by atoms with van der Waals surface area (Å²) in [6.45, 7) is 8.58. The molecule has 0 aromatic carbocycles. The second kappa shape index (κ2) is 5.05. The summed E-state index contributed by atoms with van der Waals surface area (Å²) in [6.07, 6.45) is 2.44. The summed E-state index contributed by atoms with van der Waals surface area (Å²) in [4.78, 5) is 6.94. The number of hydrogen-bond donors (Lipinski definition) is 1. The molecule has 94 valence electrons. The van der Waals surface area contributed by atoms with Crippen molar-refractivity contribution in [3.05, 3.63) is 22.9 Å². The molecule has 2 heterocycles. The molecule has 0 radical (unpaired) electrons. The lowest BCUT2D eigenvalue weighted by Gasteiger charge is -2.33. The summed E-state index contributed by atoms with van der Waals surface area (Å²) in [7, 11) is 0. The van der Waals surface area contributed by atoms with Gasteiger partial charge in [0.15, 0.2) is 0 Å². The predicted octanol–water partition coefficient (Wildman–Crippen LogP) is 2.43. The molecule has 3 nitrogen and oxygen atoms in total. The topological polar surface area (TPSA) is 36.4 Å². The van der Waals surface area contributed by atoms with Crippen LogP contribution in [0, 0.1) is 19.8 Å². The van der Waals surface area contributed by atoms with E-state index in [0.717, 1.165) is 41.6 Å². The van der Waals surface area contributed by atoms with Crippen molar-refractivity contribution in [2.75, 3.05) is 18.0 Å². The van der Waals surface area contributed by atoms with Gasteiger partial charge in [-0.05, 0) is 44.2 Å². The van der Waals surface area contributed by atoms with Gasteiger partial charge >= 0.3 is 0 Å². The van der Waals surface area contributed by atoms with E-state index in [0.29, 0.717) is 0 Å². The second-order valence-electron chi connectivity index (χ2n) is 5.21. The van der Waals surface area contributed by atoms with Gasteiger partial charge in [0.05, 0.1) is 6.61 Å². The van der Waals surface area contributed by atoms with Crippen molar-refractivity contribution in [1.82, 2.24) is 4.98 Å². The van der Waals surface area contributed by atoms with Crippen LogP contribution in [0.2, 0.25) is 0 Å². The van der Waals surface area contributed by atoms with Gasteiger partial charge in [-0.1, -0.05) is 6.92 Å². The third-order valence-electron chi connectivity index (χ3n) is 3.69. The fourth-order valence-corrected chi connectivity index (χ4v) is 2.52. The Morgan fingerprint density at radius 1 is 1.35 bits per heavy atom. The van der Waals surface area contributed by atoms with E-state index in [1.54, 1.807) is 0 Å².